The molecule has 0 atom stereocenters. The lowest BCUT2D eigenvalue weighted by atomic mass is 10.1. The molecular formula is C20H15F2N5OS2. The molecule has 6 nitrogen and oxygen atoms in total. The van der Waals surface area contributed by atoms with Crippen LogP contribution in [0.3, 0.4) is 0 Å². The smallest absolute Gasteiger partial charge is 0.290 e. The van der Waals surface area contributed by atoms with Gasteiger partial charge in [-0.2, -0.15) is 8.78 Å². The van der Waals surface area contributed by atoms with Crippen LogP contribution in [0.5, 0.6) is 0 Å². The largest absolute Gasteiger partial charge is 0.333 e. The van der Waals surface area contributed by atoms with Gasteiger partial charge in [-0.15, -0.1) is 0 Å². The Morgan fingerprint density at radius 1 is 1.13 bits per heavy atom. The summed E-state index contributed by atoms with van der Waals surface area (Å²) in [6.45, 7) is 0. The van der Waals surface area contributed by atoms with Crippen LogP contribution >= 0.6 is 23.1 Å². The zero-order valence-corrected chi connectivity index (χ0v) is 17.3. The maximum Gasteiger partial charge on any atom is 0.290 e. The molecule has 0 aliphatic rings. The first-order chi connectivity index (χ1) is 14.5. The Morgan fingerprint density at radius 3 is 2.63 bits per heavy atom. The van der Waals surface area contributed by atoms with E-state index in [9.17, 15) is 13.6 Å². The van der Waals surface area contributed by atoms with E-state index in [0.717, 1.165) is 10.4 Å². The number of alkyl halides is 2. The van der Waals surface area contributed by atoms with Gasteiger partial charge in [-0.25, -0.2) is 15.0 Å². The van der Waals surface area contributed by atoms with Gasteiger partial charge < -0.3 is 4.57 Å². The summed E-state index contributed by atoms with van der Waals surface area (Å²) in [4.78, 5) is 26.4. The highest BCUT2D eigenvalue weighted by atomic mass is 32.2. The van der Waals surface area contributed by atoms with Gasteiger partial charge in [-0.05, 0) is 23.9 Å². The molecular weight excluding hydrogens is 428 g/mol. The van der Waals surface area contributed by atoms with Gasteiger partial charge in [0.15, 0.2) is 11.0 Å². The molecule has 0 saturated carbocycles. The van der Waals surface area contributed by atoms with Crippen LogP contribution in [0.2, 0.25) is 0 Å². The molecule has 4 aromatic rings. The number of imidazole rings is 1. The molecule has 152 valence electrons. The van der Waals surface area contributed by atoms with E-state index >= 15 is 0 Å². The molecule has 10 heteroatoms. The Kier molecular flexibility index (Phi) is 5.86. The van der Waals surface area contributed by atoms with E-state index in [1.165, 1.54) is 29.7 Å². The number of thiazole rings is 1. The topological polar surface area (TPSA) is 72.7 Å². The fourth-order valence-electron chi connectivity index (χ4n) is 2.81. The van der Waals surface area contributed by atoms with Crippen molar-refractivity contribution in [2.75, 3.05) is 5.32 Å². The molecule has 0 aliphatic heterocycles. The van der Waals surface area contributed by atoms with Gasteiger partial charge in [0.25, 0.3) is 11.7 Å². The monoisotopic (exact) mass is 443 g/mol. The quantitative estimate of drug-likeness (QED) is 0.416. The number of aryl methyl sites for hydroxylation is 1. The molecule has 1 aromatic carbocycles. The second-order valence-electron chi connectivity index (χ2n) is 6.11. The summed E-state index contributed by atoms with van der Waals surface area (Å²) < 4.78 is 27.5. The predicted octanol–water partition coefficient (Wildman–Crippen LogP) is 5.17. The number of amides is 1. The Hall–Kier alpha value is -3.11. The second-order valence-corrected chi connectivity index (χ2v) is 8.09. The minimum absolute atomic E-state index is 0.0332. The Balaban J connectivity index is 1.70. The molecule has 3 heterocycles. The Labute approximate surface area is 179 Å². The Morgan fingerprint density at radius 2 is 1.93 bits per heavy atom. The average molecular weight is 444 g/mol. The minimum Gasteiger partial charge on any atom is -0.333 e. The van der Waals surface area contributed by atoms with Gasteiger partial charge in [0.2, 0.25) is 0 Å². The number of carbonyl (C=O) groups is 1. The molecule has 4 rings (SSSR count). The summed E-state index contributed by atoms with van der Waals surface area (Å²) in [6, 6.07) is 12.5. The number of carbonyl (C=O) groups excluding carboxylic acids is 1. The predicted molar refractivity (Wildman–Crippen MR) is 114 cm³/mol. The first kappa shape index (κ1) is 20.2. The molecule has 0 radical (unpaired) electrons. The molecule has 0 spiro atoms. The van der Waals surface area contributed by atoms with Crippen LogP contribution in [0.1, 0.15) is 10.4 Å². The van der Waals surface area contributed by atoms with Crippen molar-refractivity contribution in [2.24, 2.45) is 7.05 Å². The number of thioether (sulfide) groups is 1. The minimum atomic E-state index is -2.67. The van der Waals surface area contributed by atoms with Crippen molar-refractivity contribution in [3.05, 3.63) is 66.6 Å². The number of benzene rings is 1. The average Bonchev–Trinajstić information content (AvgIpc) is 3.34. The number of hydrogen-bond acceptors (Lipinski definition) is 6. The van der Waals surface area contributed by atoms with E-state index in [-0.39, 0.29) is 22.4 Å². The van der Waals surface area contributed by atoms with E-state index < -0.39 is 11.7 Å². The van der Waals surface area contributed by atoms with Gasteiger partial charge in [0, 0.05) is 31.2 Å². The fourth-order valence-corrected chi connectivity index (χ4v) is 4.41. The van der Waals surface area contributed by atoms with Crippen molar-refractivity contribution in [3.8, 4) is 22.0 Å². The summed E-state index contributed by atoms with van der Waals surface area (Å²) in [5.74, 6) is -2.51. The highest BCUT2D eigenvalue weighted by molar-refractivity contribution is 7.99. The molecule has 0 saturated heterocycles. The molecule has 0 bridgehead atoms. The number of hydrogen-bond donors (Lipinski definition) is 1. The van der Waals surface area contributed by atoms with E-state index in [1.54, 1.807) is 6.20 Å². The van der Waals surface area contributed by atoms with E-state index in [4.69, 9.17) is 0 Å². The lowest BCUT2D eigenvalue weighted by molar-refractivity contribution is 0.102. The molecule has 0 unspecified atom stereocenters. The second kappa shape index (κ2) is 8.72. The summed E-state index contributed by atoms with van der Waals surface area (Å²) >= 11 is 1.50. The summed E-state index contributed by atoms with van der Waals surface area (Å²) in [5.41, 5.74) is 1.62. The fraction of sp³-hybridized carbons (Fsp3) is 0.100. The SMILES string of the molecule is Cn1ccnc1-c1sc(NC(=O)c2cccnc2SC(F)F)nc1-c1ccccc1. The summed E-state index contributed by atoms with van der Waals surface area (Å²) in [7, 11) is 1.87. The van der Waals surface area contributed by atoms with E-state index in [0.29, 0.717) is 16.6 Å². The first-order valence-electron chi connectivity index (χ1n) is 8.78. The number of halogens is 2. The molecule has 1 amide bonds. The van der Waals surface area contributed by atoms with Crippen molar-refractivity contribution in [1.82, 2.24) is 19.5 Å². The number of nitrogens with one attached hydrogen (secondary N) is 1. The van der Waals surface area contributed by atoms with Crippen LogP contribution < -0.4 is 5.32 Å². The van der Waals surface area contributed by atoms with Crippen molar-refractivity contribution >= 4 is 34.1 Å². The number of anilines is 1. The number of aromatic nitrogens is 4. The van der Waals surface area contributed by atoms with Crippen LogP contribution in [0.25, 0.3) is 22.0 Å². The van der Waals surface area contributed by atoms with Crippen molar-refractivity contribution in [2.45, 2.75) is 10.8 Å². The number of rotatable bonds is 6. The molecule has 3 aromatic heterocycles. The summed E-state index contributed by atoms with van der Waals surface area (Å²) in [5, 5.41) is 3.03. The molecule has 0 aliphatic carbocycles. The van der Waals surface area contributed by atoms with Crippen LogP contribution in [-0.4, -0.2) is 31.2 Å². The molecule has 0 fully saturated rings. The Bertz CT molecular complexity index is 1180. The van der Waals surface area contributed by atoms with Crippen molar-refractivity contribution in [1.29, 1.82) is 0 Å². The lowest BCUT2D eigenvalue weighted by Crippen LogP contribution is -2.13. The maximum atomic E-state index is 12.8. The summed E-state index contributed by atoms with van der Waals surface area (Å²) in [6.07, 6.45) is 4.88. The van der Waals surface area contributed by atoms with Gasteiger partial charge >= 0.3 is 0 Å². The van der Waals surface area contributed by atoms with Gasteiger partial charge in [0.05, 0.1) is 16.1 Å². The standard InChI is InChI=1S/C20H15F2N5OS2/c1-27-11-10-23-16(27)15-14(12-6-3-2-4-7-12)25-20(29-15)26-17(28)13-8-5-9-24-18(13)30-19(21)22/h2-11,19H,1H3,(H,25,26,28). The third-order valence-electron chi connectivity index (χ3n) is 4.14. The van der Waals surface area contributed by atoms with E-state index in [1.807, 2.05) is 48.1 Å². The number of pyridine rings is 1. The van der Waals surface area contributed by atoms with Gasteiger partial charge in [-0.1, -0.05) is 41.7 Å². The maximum absolute atomic E-state index is 12.8. The van der Waals surface area contributed by atoms with Crippen molar-refractivity contribution in [3.63, 3.8) is 0 Å². The van der Waals surface area contributed by atoms with Gasteiger partial charge in [-0.3, -0.25) is 10.1 Å². The normalized spacial score (nSPS) is 11.1. The third kappa shape index (κ3) is 4.24. The highest BCUT2D eigenvalue weighted by Crippen LogP contribution is 2.38. The van der Waals surface area contributed by atoms with Crippen LogP contribution in [0.4, 0.5) is 13.9 Å². The number of nitrogens with zero attached hydrogens (tertiary/aromatic N) is 4. The third-order valence-corrected chi connectivity index (χ3v) is 5.83. The van der Waals surface area contributed by atoms with Crippen LogP contribution in [-0.2, 0) is 7.05 Å². The van der Waals surface area contributed by atoms with E-state index in [2.05, 4.69) is 20.3 Å². The molecule has 30 heavy (non-hydrogen) atoms. The zero-order chi connectivity index (χ0) is 21.1. The highest BCUT2D eigenvalue weighted by Gasteiger charge is 2.21. The first-order valence-corrected chi connectivity index (χ1v) is 10.5. The zero-order valence-electron chi connectivity index (χ0n) is 15.6. The lowest BCUT2D eigenvalue weighted by Gasteiger charge is -2.06. The van der Waals surface area contributed by atoms with Gasteiger partial charge in [0.1, 0.15) is 5.03 Å². The van der Waals surface area contributed by atoms with Crippen molar-refractivity contribution < 1.29 is 13.6 Å². The van der Waals surface area contributed by atoms with Crippen LogP contribution in [0, 0.1) is 0 Å². The molecule has 1 N–H and O–H groups in total. The van der Waals surface area contributed by atoms with Crippen LogP contribution in [0.15, 0.2) is 66.1 Å².